The van der Waals surface area contributed by atoms with E-state index in [1.165, 1.54) is 33.3 Å². The summed E-state index contributed by atoms with van der Waals surface area (Å²) in [5, 5.41) is 1.86. The van der Waals surface area contributed by atoms with E-state index in [1.807, 2.05) is 54.8 Å². The quantitative estimate of drug-likeness (QED) is 0.479. The van der Waals surface area contributed by atoms with E-state index in [4.69, 9.17) is 0 Å². The Morgan fingerprint density at radius 2 is 1.76 bits per heavy atom. The van der Waals surface area contributed by atoms with Crippen LogP contribution in [0.15, 0.2) is 72.1 Å². The highest BCUT2D eigenvalue weighted by Crippen LogP contribution is 2.35. The fourth-order valence-electron chi connectivity index (χ4n) is 3.88. The largest absolute Gasteiger partial charge is 0.337 e. The second kappa shape index (κ2) is 9.54. The van der Waals surface area contributed by atoms with E-state index in [-0.39, 0.29) is 30.9 Å². The average molecular weight is 466 g/mol. The molecule has 0 N–H and O–H groups in total. The number of urea groups is 1. The van der Waals surface area contributed by atoms with Gasteiger partial charge >= 0.3 is 6.03 Å². The van der Waals surface area contributed by atoms with Gasteiger partial charge in [-0.3, -0.25) is 14.5 Å². The van der Waals surface area contributed by atoms with Crippen LogP contribution >= 0.6 is 11.3 Å². The normalized spacial score (nSPS) is 16.9. The lowest BCUT2D eigenvalue weighted by molar-refractivity contribution is -0.138. The average Bonchev–Trinajstić information content (AvgIpc) is 3.42. The van der Waals surface area contributed by atoms with Crippen LogP contribution in [-0.2, 0) is 16.1 Å². The molecule has 4 amide bonds. The molecule has 1 aliphatic rings. The van der Waals surface area contributed by atoms with Crippen molar-refractivity contribution >= 4 is 29.2 Å². The summed E-state index contributed by atoms with van der Waals surface area (Å²) in [4.78, 5) is 44.4. The fourth-order valence-corrected chi connectivity index (χ4v) is 4.70. The lowest BCUT2D eigenvalue weighted by atomic mass is 10.1. The van der Waals surface area contributed by atoms with E-state index in [0.29, 0.717) is 0 Å². The number of hydrogen-bond acceptors (Lipinski definition) is 4. The summed E-state index contributed by atoms with van der Waals surface area (Å²) in [7, 11) is 1.61. The first-order valence-corrected chi connectivity index (χ1v) is 11.4. The Bertz CT molecular complexity index is 1140. The molecule has 8 heteroatoms. The number of imide groups is 1. The van der Waals surface area contributed by atoms with Crippen molar-refractivity contribution in [3.63, 3.8) is 0 Å². The molecule has 1 saturated heterocycles. The molecular formula is C25H24FN3O3S. The van der Waals surface area contributed by atoms with Crippen LogP contribution < -0.4 is 0 Å². The topological polar surface area (TPSA) is 60.9 Å². The minimum atomic E-state index is -0.759. The van der Waals surface area contributed by atoms with E-state index in [1.54, 1.807) is 19.2 Å². The smallest absolute Gasteiger partial charge is 0.328 e. The van der Waals surface area contributed by atoms with Crippen LogP contribution in [0.5, 0.6) is 0 Å². The van der Waals surface area contributed by atoms with Crippen molar-refractivity contribution in [1.29, 1.82) is 0 Å². The van der Waals surface area contributed by atoms with Gasteiger partial charge in [0.2, 0.25) is 5.91 Å². The maximum absolute atomic E-state index is 13.3. The minimum Gasteiger partial charge on any atom is -0.337 e. The highest BCUT2D eigenvalue weighted by atomic mass is 32.1. The summed E-state index contributed by atoms with van der Waals surface area (Å²) in [6.45, 7) is 1.72. The number of thiophene rings is 1. The van der Waals surface area contributed by atoms with Crippen molar-refractivity contribution in [2.45, 2.75) is 25.6 Å². The Balaban J connectivity index is 1.54. The number of rotatable bonds is 7. The Labute approximate surface area is 195 Å². The maximum atomic E-state index is 13.3. The number of nitrogens with zero attached hydrogens (tertiary/aromatic N) is 3. The number of halogens is 1. The Morgan fingerprint density at radius 1 is 1.06 bits per heavy atom. The van der Waals surface area contributed by atoms with Gasteiger partial charge in [0.1, 0.15) is 18.4 Å². The van der Waals surface area contributed by atoms with E-state index < -0.39 is 18.0 Å². The first kappa shape index (κ1) is 22.7. The number of amides is 4. The Morgan fingerprint density at radius 3 is 2.39 bits per heavy atom. The van der Waals surface area contributed by atoms with Crippen LogP contribution in [0.3, 0.4) is 0 Å². The van der Waals surface area contributed by atoms with E-state index >= 15 is 0 Å². The molecule has 0 aliphatic carbocycles. The lowest BCUT2D eigenvalue weighted by Gasteiger charge is -2.27. The van der Waals surface area contributed by atoms with E-state index in [2.05, 4.69) is 0 Å². The number of carbonyl (C=O) groups excluding carboxylic acids is 3. The maximum Gasteiger partial charge on any atom is 0.328 e. The van der Waals surface area contributed by atoms with Gasteiger partial charge in [0.15, 0.2) is 0 Å². The Hall–Kier alpha value is -3.52. The molecule has 1 aromatic heterocycles. The summed E-state index contributed by atoms with van der Waals surface area (Å²) >= 11 is 1.40. The Kier molecular flexibility index (Phi) is 6.55. The molecule has 2 heterocycles. The highest BCUT2D eigenvalue weighted by molar-refractivity contribution is 7.10. The molecule has 0 spiro atoms. The number of likely N-dealkylation sites (N-methyl/N-ethyl adjacent to an activating group) is 1. The van der Waals surface area contributed by atoms with Crippen molar-refractivity contribution in [3.8, 4) is 0 Å². The highest BCUT2D eigenvalue weighted by Gasteiger charge is 2.47. The van der Waals surface area contributed by atoms with Gasteiger partial charge in [0.05, 0.1) is 6.04 Å². The molecule has 2 aromatic carbocycles. The van der Waals surface area contributed by atoms with Crippen molar-refractivity contribution in [1.82, 2.24) is 14.7 Å². The SMILES string of the molecule is C[C@@H](c1ccc(F)cc1)N(C)C(=O)CN1C(=O)[C@@H](c2cccs2)N(Cc2ccccc2)C1=O. The molecule has 0 radical (unpaired) electrons. The molecule has 1 aliphatic heterocycles. The minimum absolute atomic E-state index is 0.264. The van der Waals surface area contributed by atoms with Gasteiger partial charge < -0.3 is 9.80 Å². The summed E-state index contributed by atoms with van der Waals surface area (Å²) in [5.74, 6) is -1.14. The van der Waals surface area contributed by atoms with E-state index in [9.17, 15) is 18.8 Å². The van der Waals surface area contributed by atoms with Gasteiger partial charge in [-0.15, -0.1) is 11.3 Å². The first-order valence-electron chi connectivity index (χ1n) is 10.6. The summed E-state index contributed by atoms with van der Waals surface area (Å²) < 4.78 is 13.2. The van der Waals surface area contributed by atoms with Crippen LogP contribution in [0.1, 0.15) is 35.0 Å². The third-order valence-corrected chi connectivity index (χ3v) is 6.84. The molecule has 0 bridgehead atoms. The van der Waals surface area contributed by atoms with Crippen molar-refractivity contribution < 1.29 is 18.8 Å². The lowest BCUT2D eigenvalue weighted by Crippen LogP contribution is -2.42. The second-order valence-corrected chi connectivity index (χ2v) is 8.95. The molecule has 0 saturated carbocycles. The van der Waals surface area contributed by atoms with Gasteiger partial charge in [0, 0.05) is 18.5 Å². The van der Waals surface area contributed by atoms with Crippen molar-refractivity contribution in [2.75, 3.05) is 13.6 Å². The van der Waals surface area contributed by atoms with Crippen LogP contribution in [0, 0.1) is 5.82 Å². The zero-order valence-corrected chi connectivity index (χ0v) is 19.2. The second-order valence-electron chi connectivity index (χ2n) is 7.97. The molecule has 0 unspecified atom stereocenters. The van der Waals surface area contributed by atoms with Crippen molar-refractivity contribution in [2.24, 2.45) is 0 Å². The molecule has 170 valence electrons. The monoisotopic (exact) mass is 465 g/mol. The standard InChI is InChI=1S/C25H24FN3O3S/c1-17(19-10-12-20(26)13-11-19)27(2)22(30)16-29-24(31)23(21-9-6-14-33-21)28(25(29)32)15-18-7-4-3-5-8-18/h3-14,17,23H,15-16H2,1-2H3/t17-,23+/m0/s1. The molecule has 3 aromatic rings. The van der Waals surface area contributed by atoms with Crippen LogP contribution in [-0.4, -0.2) is 46.1 Å². The molecule has 4 rings (SSSR count). The first-order chi connectivity index (χ1) is 15.9. The predicted octanol–water partition coefficient (Wildman–Crippen LogP) is 4.61. The molecule has 1 fully saturated rings. The van der Waals surface area contributed by atoms with Crippen LogP contribution in [0.4, 0.5) is 9.18 Å². The number of carbonyl (C=O) groups is 3. The third-order valence-electron chi connectivity index (χ3n) is 5.92. The van der Waals surface area contributed by atoms with Crippen LogP contribution in [0.2, 0.25) is 0 Å². The fraction of sp³-hybridized carbons (Fsp3) is 0.240. The zero-order valence-electron chi connectivity index (χ0n) is 18.3. The molecule has 33 heavy (non-hydrogen) atoms. The number of benzene rings is 2. The number of hydrogen-bond donors (Lipinski definition) is 0. The molecule has 2 atom stereocenters. The van der Waals surface area contributed by atoms with Gasteiger partial charge in [-0.05, 0) is 41.6 Å². The summed E-state index contributed by atoms with van der Waals surface area (Å²) in [5.41, 5.74) is 1.66. The third kappa shape index (κ3) is 4.66. The summed E-state index contributed by atoms with van der Waals surface area (Å²) in [6.07, 6.45) is 0. The summed E-state index contributed by atoms with van der Waals surface area (Å²) in [6, 6.07) is 17.4. The zero-order chi connectivity index (χ0) is 23.5. The van der Waals surface area contributed by atoms with Gasteiger partial charge in [-0.2, -0.15) is 0 Å². The van der Waals surface area contributed by atoms with Gasteiger partial charge in [0.25, 0.3) is 5.91 Å². The van der Waals surface area contributed by atoms with Gasteiger partial charge in [-0.1, -0.05) is 48.5 Å². The molecule has 6 nitrogen and oxygen atoms in total. The van der Waals surface area contributed by atoms with Crippen LogP contribution in [0.25, 0.3) is 0 Å². The van der Waals surface area contributed by atoms with Crippen molar-refractivity contribution in [3.05, 3.63) is 93.9 Å². The van der Waals surface area contributed by atoms with Gasteiger partial charge in [-0.25, -0.2) is 9.18 Å². The predicted molar refractivity (Wildman–Crippen MR) is 124 cm³/mol. The molecular weight excluding hydrogens is 441 g/mol. The van der Waals surface area contributed by atoms with E-state index in [0.717, 1.165) is 20.9 Å².